The maximum Gasteiger partial charge on any atom is 0.311 e. The first-order valence-corrected chi connectivity index (χ1v) is 5.69. The van der Waals surface area contributed by atoms with Crippen LogP contribution in [0.2, 0.25) is 0 Å². The third-order valence-electron chi connectivity index (χ3n) is 2.07. The van der Waals surface area contributed by atoms with Crippen LogP contribution in [0.3, 0.4) is 0 Å². The molecule has 1 rings (SSSR count). The van der Waals surface area contributed by atoms with E-state index in [2.05, 4.69) is 15.8 Å². The lowest BCUT2D eigenvalue weighted by molar-refractivity contribution is -0.500. The largest absolute Gasteiger partial charge is 0.507 e. The quantitative estimate of drug-likeness (QED) is 0.206. The zero-order chi connectivity index (χ0) is 14.4. The number of hydrogen-bond donors (Lipinski definition) is 5. The molecule has 0 saturated heterocycles. The van der Waals surface area contributed by atoms with Gasteiger partial charge in [-0.3, -0.25) is 10.1 Å². The summed E-state index contributed by atoms with van der Waals surface area (Å²) in [6.07, 6.45) is 1.28. The number of nitrogens with zero attached hydrogens (tertiary/aromatic N) is 1. The summed E-state index contributed by atoms with van der Waals surface area (Å²) < 4.78 is 0. The van der Waals surface area contributed by atoms with Gasteiger partial charge in [-0.2, -0.15) is 0 Å². The van der Waals surface area contributed by atoms with Gasteiger partial charge in [0.15, 0.2) is 5.75 Å². The predicted molar refractivity (Wildman–Crippen MR) is 72.0 cm³/mol. The van der Waals surface area contributed by atoms with Crippen molar-refractivity contribution in [2.45, 2.75) is 6.92 Å². The van der Waals surface area contributed by atoms with E-state index in [9.17, 15) is 20.3 Å². The number of thiocarbonyl (C=S) groups is 1. The van der Waals surface area contributed by atoms with Crippen LogP contribution in [-0.4, -0.2) is 33.0 Å². The van der Waals surface area contributed by atoms with Crippen molar-refractivity contribution in [2.75, 3.05) is 6.54 Å². The smallest absolute Gasteiger partial charge is 0.311 e. The molecule has 9 heteroatoms. The van der Waals surface area contributed by atoms with Crippen LogP contribution in [0, 0.1) is 10.1 Å². The molecule has 0 unspecified atom stereocenters. The van der Waals surface area contributed by atoms with Gasteiger partial charge in [-0.25, -0.2) is 0 Å². The van der Waals surface area contributed by atoms with Crippen LogP contribution >= 0.6 is 12.2 Å². The first-order valence-electron chi connectivity index (χ1n) is 5.28. The van der Waals surface area contributed by atoms with E-state index in [1.54, 1.807) is 0 Å². The zero-order valence-corrected chi connectivity index (χ0v) is 10.8. The van der Waals surface area contributed by atoms with Crippen molar-refractivity contribution in [2.24, 2.45) is 0 Å². The van der Waals surface area contributed by atoms with Gasteiger partial charge in [-0.05, 0) is 19.1 Å². The van der Waals surface area contributed by atoms with Crippen molar-refractivity contribution in [3.8, 4) is 11.5 Å². The van der Waals surface area contributed by atoms with E-state index < -0.39 is 16.4 Å². The maximum atomic E-state index is 10.6. The van der Waals surface area contributed by atoms with Crippen LogP contribution in [0.4, 0.5) is 5.69 Å². The Kier molecular flexibility index (Phi) is 5.01. The molecule has 0 aromatic heterocycles. The minimum absolute atomic E-state index is 0.135. The molecule has 0 saturated carbocycles. The van der Waals surface area contributed by atoms with Crippen molar-refractivity contribution < 1.29 is 20.2 Å². The molecule has 0 bridgehead atoms. The van der Waals surface area contributed by atoms with Crippen LogP contribution < -0.4 is 15.8 Å². The van der Waals surface area contributed by atoms with Gasteiger partial charge in [0.1, 0.15) is 5.75 Å². The number of phenolic OH excluding ortho intramolecular Hbond substituents is 2. The summed E-state index contributed by atoms with van der Waals surface area (Å²) in [4.78, 5) is 9.89. The van der Waals surface area contributed by atoms with E-state index >= 15 is 0 Å². The SMILES string of the molecule is CCNC(=S)N/[NH+]=C/c1cc([N+](=O)[O-])c(O)cc1O. The summed E-state index contributed by atoms with van der Waals surface area (Å²) in [5.74, 6) is -0.900. The molecule has 5 N–H and O–H groups in total. The van der Waals surface area contributed by atoms with E-state index in [4.69, 9.17) is 12.2 Å². The number of nitro groups is 1. The molecule has 0 atom stereocenters. The van der Waals surface area contributed by atoms with Crippen molar-refractivity contribution in [3.05, 3.63) is 27.8 Å². The molecule has 0 heterocycles. The molecule has 0 radical (unpaired) electrons. The van der Waals surface area contributed by atoms with Crippen molar-refractivity contribution in [3.63, 3.8) is 0 Å². The Bertz CT molecular complexity index is 533. The van der Waals surface area contributed by atoms with Gasteiger partial charge in [0, 0.05) is 18.7 Å². The van der Waals surface area contributed by atoms with Crippen molar-refractivity contribution in [1.29, 1.82) is 0 Å². The Labute approximate surface area is 113 Å². The molecule has 0 aliphatic heterocycles. The van der Waals surface area contributed by atoms with E-state index in [0.717, 1.165) is 12.1 Å². The molecule has 0 amide bonds. The van der Waals surface area contributed by atoms with Gasteiger partial charge in [-0.15, -0.1) is 10.5 Å². The molecule has 0 fully saturated rings. The second-order valence-electron chi connectivity index (χ2n) is 3.43. The molecule has 0 aliphatic carbocycles. The van der Waals surface area contributed by atoms with E-state index in [1.807, 2.05) is 6.92 Å². The standard InChI is InChI=1S/C10H12N4O4S/c1-2-11-10(19)13-12-5-6-3-7(14(17)18)9(16)4-8(6)15/h3-5,15-16H,2H2,1H3,(H2,11,13,19)/p+1/b12-5+. The van der Waals surface area contributed by atoms with Gasteiger partial charge in [0.25, 0.3) is 0 Å². The molecule has 0 spiro atoms. The van der Waals surface area contributed by atoms with Gasteiger partial charge in [0.05, 0.1) is 10.5 Å². The molecule has 1 aromatic carbocycles. The molecule has 0 aliphatic rings. The number of hydrogen-bond acceptors (Lipinski definition) is 5. The average Bonchev–Trinajstić information content (AvgIpc) is 2.31. The van der Waals surface area contributed by atoms with E-state index in [0.29, 0.717) is 11.7 Å². The number of hydrazone groups is 1. The molecule has 8 nitrogen and oxygen atoms in total. The lowest BCUT2D eigenvalue weighted by Crippen LogP contribution is -2.82. The lowest BCUT2D eigenvalue weighted by Gasteiger charge is -2.00. The number of rotatable bonds is 4. The Morgan fingerprint density at radius 1 is 1.53 bits per heavy atom. The molecular formula is C10H13N4O4S+. The first-order chi connectivity index (χ1) is 8.95. The number of nitro benzene ring substituents is 1. The monoisotopic (exact) mass is 285 g/mol. The summed E-state index contributed by atoms with van der Waals surface area (Å²) in [6, 6.07) is 1.93. The Hall–Kier alpha value is -2.42. The zero-order valence-electron chi connectivity index (χ0n) is 10.0. The van der Waals surface area contributed by atoms with Crippen LogP contribution in [-0.2, 0) is 0 Å². The summed E-state index contributed by atoms with van der Waals surface area (Å²) in [7, 11) is 0. The van der Waals surface area contributed by atoms with Crippen molar-refractivity contribution >= 4 is 29.2 Å². The maximum absolute atomic E-state index is 10.6. The predicted octanol–water partition coefficient (Wildman–Crippen LogP) is -1.10. The summed E-state index contributed by atoms with van der Waals surface area (Å²) in [5, 5.41) is 35.2. The highest BCUT2D eigenvalue weighted by molar-refractivity contribution is 7.80. The Morgan fingerprint density at radius 2 is 2.21 bits per heavy atom. The molecular weight excluding hydrogens is 272 g/mol. The minimum Gasteiger partial charge on any atom is -0.507 e. The van der Waals surface area contributed by atoms with E-state index in [1.165, 1.54) is 6.21 Å². The van der Waals surface area contributed by atoms with Gasteiger partial charge < -0.3 is 15.5 Å². The summed E-state index contributed by atoms with van der Waals surface area (Å²) in [6.45, 7) is 2.51. The minimum atomic E-state index is -0.747. The topological polar surface area (TPSA) is 122 Å². The third kappa shape index (κ3) is 4.07. The second kappa shape index (κ2) is 6.50. The number of phenols is 2. The van der Waals surface area contributed by atoms with E-state index in [-0.39, 0.29) is 11.3 Å². The molecule has 1 aromatic rings. The lowest BCUT2D eigenvalue weighted by atomic mass is 10.2. The summed E-state index contributed by atoms with van der Waals surface area (Å²) in [5.41, 5.74) is 2.23. The number of nitrogens with one attached hydrogen (secondary N) is 3. The molecule has 19 heavy (non-hydrogen) atoms. The number of hydrazine groups is 1. The average molecular weight is 285 g/mol. The van der Waals surface area contributed by atoms with Crippen LogP contribution in [0.15, 0.2) is 12.1 Å². The summed E-state index contributed by atoms with van der Waals surface area (Å²) >= 11 is 4.87. The fourth-order valence-electron chi connectivity index (χ4n) is 1.23. The van der Waals surface area contributed by atoms with Crippen molar-refractivity contribution in [1.82, 2.24) is 10.7 Å². The Morgan fingerprint density at radius 3 is 2.79 bits per heavy atom. The van der Waals surface area contributed by atoms with Gasteiger partial charge >= 0.3 is 5.69 Å². The fourth-order valence-corrected chi connectivity index (χ4v) is 1.43. The normalized spacial score (nSPS) is 10.4. The number of aromatic hydroxyl groups is 2. The highest BCUT2D eigenvalue weighted by Crippen LogP contribution is 2.31. The van der Waals surface area contributed by atoms with Crippen LogP contribution in [0.25, 0.3) is 0 Å². The second-order valence-corrected chi connectivity index (χ2v) is 3.84. The third-order valence-corrected chi connectivity index (χ3v) is 2.32. The van der Waals surface area contributed by atoms with Gasteiger partial charge in [0.2, 0.25) is 11.3 Å². The highest BCUT2D eigenvalue weighted by Gasteiger charge is 2.17. The first kappa shape index (κ1) is 14.6. The van der Waals surface area contributed by atoms with Crippen LogP contribution in [0.5, 0.6) is 11.5 Å². The highest BCUT2D eigenvalue weighted by atomic mass is 32.1. The number of benzene rings is 1. The fraction of sp³-hybridized carbons (Fsp3) is 0.200. The molecule has 102 valence electrons. The van der Waals surface area contributed by atoms with Crippen LogP contribution in [0.1, 0.15) is 12.5 Å². The van der Waals surface area contributed by atoms with Gasteiger partial charge in [-0.1, -0.05) is 0 Å². The Balaban J connectivity index is 2.89.